The van der Waals surface area contributed by atoms with E-state index < -0.39 is 5.82 Å². The van der Waals surface area contributed by atoms with E-state index in [1.165, 1.54) is 29.5 Å². The zero-order valence-electron chi connectivity index (χ0n) is 11.5. The maximum Gasteiger partial charge on any atom is 0.251 e. The van der Waals surface area contributed by atoms with E-state index in [1.54, 1.807) is 18.5 Å². The van der Waals surface area contributed by atoms with E-state index in [0.29, 0.717) is 12.1 Å². The number of rotatable bonds is 4. The normalized spacial score (nSPS) is 10.4. The lowest BCUT2D eigenvalue weighted by molar-refractivity contribution is 0.0950. The first-order valence-electron chi connectivity index (χ1n) is 6.61. The minimum atomic E-state index is -0.429. The van der Waals surface area contributed by atoms with E-state index in [1.807, 2.05) is 17.5 Å². The van der Waals surface area contributed by atoms with Crippen LogP contribution in [0.15, 0.2) is 54.2 Å². The highest BCUT2D eigenvalue weighted by Crippen LogP contribution is 2.20. The number of pyridine rings is 1. The number of aromatic nitrogens is 2. The number of hydrogen-bond acceptors (Lipinski definition) is 4. The predicted octanol–water partition coefficient (Wildman–Crippen LogP) is 3.27. The highest BCUT2D eigenvalue weighted by molar-refractivity contribution is 7.09. The Labute approximate surface area is 130 Å². The molecule has 3 aromatic rings. The number of thiazole rings is 1. The molecule has 1 aromatic carbocycles. The molecule has 0 fully saturated rings. The number of nitrogens with zero attached hydrogens (tertiary/aromatic N) is 2. The number of carbonyl (C=O) groups excluding carboxylic acids is 1. The molecule has 2 heterocycles. The molecule has 0 bridgehead atoms. The van der Waals surface area contributed by atoms with Gasteiger partial charge in [-0.25, -0.2) is 9.37 Å². The predicted molar refractivity (Wildman–Crippen MR) is 82.9 cm³/mol. The molecule has 0 aliphatic carbocycles. The monoisotopic (exact) mass is 313 g/mol. The largest absolute Gasteiger partial charge is 0.346 e. The van der Waals surface area contributed by atoms with Crippen LogP contribution in [0.25, 0.3) is 11.3 Å². The third kappa shape index (κ3) is 3.35. The van der Waals surface area contributed by atoms with Crippen LogP contribution >= 0.6 is 11.3 Å². The summed E-state index contributed by atoms with van der Waals surface area (Å²) in [4.78, 5) is 20.4. The molecule has 0 radical (unpaired) electrons. The Bertz CT molecular complexity index is 789. The summed E-state index contributed by atoms with van der Waals surface area (Å²) in [6.45, 7) is 0.311. The van der Waals surface area contributed by atoms with Gasteiger partial charge in [0.05, 0.1) is 12.2 Å². The Morgan fingerprint density at radius 2 is 2.05 bits per heavy atom. The Morgan fingerprint density at radius 1 is 1.23 bits per heavy atom. The van der Waals surface area contributed by atoms with E-state index in [0.717, 1.165) is 16.3 Å². The van der Waals surface area contributed by atoms with Crippen LogP contribution < -0.4 is 5.32 Å². The maximum atomic E-state index is 13.1. The molecule has 0 aliphatic heterocycles. The second-order valence-corrected chi connectivity index (χ2v) is 5.50. The number of hydrogen-bond donors (Lipinski definition) is 1. The third-order valence-corrected chi connectivity index (χ3v) is 3.86. The Balaban J connectivity index is 1.65. The van der Waals surface area contributed by atoms with Crippen molar-refractivity contribution < 1.29 is 9.18 Å². The van der Waals surface area contributed by atoms with Crippen molar-refractivity contribution in [1.29, 1.82) is 0 Å². The first-order valence-corrected chi connectivity index (χ1v) is 7.49. The van der Waals surface area contributed by atoms with E-state index in [2.05, 4.69) is 15.3 Å². The molecule has 4 nitrogen and oxygen atoms in total. The third-order valence-electron chi connectivity index (χ3n) is 3.01. The summed E-state index contributed by atoms with van der Waals surface area (Å²) >= 11 is 1.46. The lowest BCUT2D eigenvalue weighted by atomic mass is 10.2. The van der Waals surface area contributed by atoms with Crippen molar-refractivity contribution in [2.24, 2.45) is 0 Å². The molecule has 22 heavy (non-hydrogen) atoms. The van der Waals surface area contributed by atoms with Gasteiger partial charge in [-0.05, 0) is 30.3 Å². The molecular weight excluding hydrogens is 301 g/mol. The quantitative estimate of drug-likeness (QED) is 0.804. The summed E-state index contributed by atoms with van der Waals surface area (Å²) < 4.78 is 13.1. The fourth-order valence-electron chi connectivity index (χ4n) is 1.94. The summed E-state index contributed by atoms with van der Waals surface area (Å²) in [6, 6.07) is 9.35. The van der Waals surface area contributed by atoms with Crippen molar-refractivity contribution in [2.75, 3.05) is 0 Å². The summed E-state index contributed by atoms with van der Waals surface area (Å²) in [6.07, 6.45) is 3.42. The van der Waals surface area contributed by atoms with Crippen LogP contribution in [0.2, 0.25) is 0 Å². The molecule has 1 N–H and O–H groups in total. The second-order valence-electron chi connectivity index (χ2n) is 4.56. The minimum absolute atomic E-state index is 0.297. The van der Waals surface area contributed by atoms with Crippen LogP contribution in [0.1, 0.15) is 15.4 Å². The fraction of sp³-hybridized carbons (Fsp3) is 0.0625. The molecule has 0 unspecified atom stereocenters. The first-order chi connectivity index (χ1) is 10.7. The summed E-state index contributed by atoms with van der Waals surface area (Å²) in [5, 5.41) is 5.46. The zero-order chi connectivity index (χ0) is 15.4. The van der Waals surface area contributed by atoms with Gasteiger partial charge < -0.3 is 5.32 Å². The van der Waals surface area contributed by atoms with Gasteiger partial charge in [0.15, 0.2) is 0 Å². The molecule has 110 valence electrons. The Morgan fingerprint density at radius 3 is 2.82 bits per heavy atom. The van der Waals surface area contributed by atoms with Gasteiger partial charge >= 0.3 is 0 Å². The van der Waals surface area contributed by atoms with Gasteiger partial charge in [-0.15, -0.1) is 11.3 Å². The molecule has 0 aliphatic rings. The summed E-state index contributed by atoms with van der Waals surface area (Å²) in [7, 11) is 0. The highest BCUT2D eigenvalue weighted by Gasteiger charge is 2.08. The average molecular weight is 313 g/mol. The average Bonchev–Trinajstić information content (AvgIpc) is 3.02. The second kappa shape index (κ2) is 6.44. The van der Waals surface area contributed by atoms with E-state index in [4.69, 9.17) is 0 Å². The number of carbonyl (C=O) groups is 1. The Kier molecular flexibility index (Phi) is 4.20. The van der Waals surface area contributed by atoms with Gasteiger partial charge in [-0.2, -0.15) is 0 Å². The van der Waals surface area contributed by atoms with E-state index in [9.17, 15) is 9.18 Å². The summed E-state index contributed by atoms with van der Waals surface area (Å²) in [5.74, 6) is -0.748. The number of amides is 1. The van der Waals surface area contributed by atoms with Crippen LogP contribution in [0.5, 0.6) is 0 Å². The SMILES string of the molecule is O=C(NCc1nc(-c2ccncc2)cs1)c1cccc(F)c1. The zero-order valence-corrected chi connectivity index (χ0v) is 12.3. The standard InChI is InChI=1S/C16H12FN3OS/c17-13-3-1-2-12(8-13)16(21)19-9-15-20-14(10-22-15)11-4-6-18-7-5-11/h1-8,10H,9H2,(H,19,21). The minimum Gasteiger partial charge on any atom is -0.346 e. The molecule has 0 spiro atoms. The molecule has 6 heteroatoms. The van der Waals surface area contributed by atoms with Crippen molar-refractivity contribution in [3.8, 4) is 11.3 Å². The first kappa shape index (κ1) is 14.3. The van der Waals surface area contributed by atoms with Crippen molar-refractivity contribution in [2.45, 2.75) is 6.54 Å². The van der Waals surface area contributed by atoms with Crippen molar-refractivity contribution in [3.63, 3.8) is 0 Å². The molecule has 3 rings (SSSR count). The van der Waals surface area contributed by atoms with Crippen LogP contribution in [0, 0.1) is 5.82 Å². The van der Waals surface area contributed by atoms with Gasteiger partial charge in [-0.3, -0.25) is 9.78 Å². The lowest BCUT2D eigenvalue weighted by Crippen LogP contribution is -2.22. The number of benzene rings is 1. The molecule has 0 atom stereocenters. The van der Waals surface area contributed by atoms with E-state index >= 15 is 0 Å². The maximum absolute atomic E-state index is 13.1. The van der Waals surface area contributed by atoms with Crippen molar-refractivity contribution >= 4 is 17.2 Å². The van der Waals surface area contributed by atoms with Crippen molar-refractivity contribution in [3.05, 3.63) is 70.6 Å². The van der Waals surface area contributed by atoms with Gasteiger partial charge in [0, 0.05) is 28.9 Å². The molecular formula is C16H12FN3OS. The highest BCUT2D eigenvalue weighted by atomic mass is 32.1. The van der Waals surface area contributed by atoms with Crippen LogP contribution in [-0.4, -0.2) is 15.9 Å². The molecule has 0 saturated carbocycles. The molecule has 0 saturated heterocycles. The molecule has 2 aromatic heterocycles. The van der Waals surface area contributed by atoms with Crippen molar-refractivity contribution in [1.82, 2.24) is 15.3 Å². The van der Waals surface area contributed by atoms with Gasteiger partial charge in [0.2, 0.25) is 0 Å². The van der Waals surface area contributed by atoms with E-state index in [-0.39, 0.29) is 5.91 Å². The molecule has 1 amide bonds. The number of nitrogens with one attached hydrogen (secondary N) is 1. The lowest BCUT2D eigenvalue weighted by Gasteiger charge is -2.03. The van der Waals surface area contributed by atoms with Crippen LogP contribution in [0.3, 0.4) is 0 Å². The van der Waals surface area contributed by atoms with Gasteiger partial charge in [-0.1, -0.05) is 6.07 Å². The number of halogens is 1. The fourth-order valence-corrected chi connectivity index (χ4v) is 2.68. The van der Waals surface area contributed by atoms with Crippen LogP contribution in [-0.2, 0) is 6.54 Å². The Hall–Kier alpha value is -2.60. The summed E-state index contributed by atoms with van der Waals surface area (Å²) in [5.41, 5.74) is 2.13. The topological polar surface area (TPSA) is 54.9 Å². The smallest absolute Gasteiger partial charge is 0.251 e. The van der Waals surface area contributed by atoms with Crippen LogP contribution in [0.4, 0.5) is 4.39 Å². The van der Waals surface area contributed by atoms with Gasteiger partial charge in [0.25, 0.3) is 5.91 Å². The van der Waals surface area contributed by atoms with Gasteiger partial charge in [0.1, 0.15) is 10.8 Å².